The molecule has 3 heterocycles. The fourth-order valence-corrected chi connectivity index (χ4v) is 3.39. The Morgan fingerprint density at radius 2 is 2.04 bits per heavy atom. The van der Waals surface area contributed by atoms with Crippen molar-refractivity contribution in [2.45, 2.75) is 38.6 Å². The van der Waals surface area contributed by atoms with Gasteiger partial charge in [0.15, 0.2) is 5.69 Å². The number of hydrogen-bond donors (Lipinski definition) is 0. The van der Waals surface area contributed by atoms with Crippen LogP contribution in [0.1, 0.15) is 47.8 Å². The lowest BCUT2D eigenvalue weighted by molar-refractivity contribution is 0.0623. The van der Waals surface area contributed by atoms with Gasteiger partial charge in [-0.1, -0.05) is 12.1 Å². The van der Waals surface area contributed by atoms with E-state index in [0.717, 1.165) is 70.1 Å². The van der Waals surface area contributed by atoms with Gasteiger partial charge in [-0.3, -0.25) is 9.69 Å². The zero-order chi connectivity index (χ0) is 17.2. The second-order valence-electron chi connectivity index (χ2n) is 6.91. The van der Waals surface area contributed by atoms with Crippen LogP contribution < -0.4 is 0 Å². The van der Waals surface area contributed by atoms with E-state index < -0.39 is 0 Å². The molecule has 2 aliphatic rings. The number of imidazole rings is 1. The predicted molar refractivity (Wildman–Crippen MR) is 92.4 cm³/mol. The van der Waals surface area contributed by atoms with Gasteiger partial charge in [-0.05, 0) is 12.8 Å². The maximum Gasteiger partial charge on any atom is 0.276 e. The number of rotatable bonds is 6. The molecule has 2 aromatic heterocycles. The highest BCUT2D eigenvalue weighted by Crippen LogP contribution is 2.40. The SMILES string of the molecule is CCc1nccn1CCN1CCN(C(=O)c2cc(C3CC3)on2)CC1. The van der Waals surface area contributed by atoms with Gasteiger partial charge in [-0.2, -0.15) is 0 Å². The second kappa shape index (κ2) is 7.00. The Morgan fingerprint density at radius 1 is 1.24 bits per heavy atom. The molecule has 4 rings (SSSR count). The van der Waals surface area contributed by atoms with Crippen molar-refractivity contribution in [3.8, 4) is 0 Å². The van der Waals surface area contributed by atoms with Gasteiger partial charge in [0.05, 0.1) is 0 Å². The van der Waals surface area contributed by atoms with E-state index in [9.17, 15) is 4.79 Å². The summed E-state index contributed by atoms with van der Waals surface area (Å²) in [6, 6.07) is 1.83. The monoisotopic (exact) mass is 343 g/mol. The van der Waals surface area contributed by atoms with E-state index in [4.69, 9.17) is 4.52 Å². The summed E-state index contributed by atoms with van der Waals surface area (Å²) in [5.74, 6) is 2.49. The minimum absolute atomic E-state index is 0.00169. The van der Waals surface area contributed by atoms with Crippen LogP contribution in [-0.2, 0) is 13.0 Å². The summed E-state index contributed by atoms with van der Waals surface area (Å²) in [6.45, 7) is 7.35. The smallest absolute Gasteiger partial charge is 0.276 e. The fraction of sp³-hybridized carbons (Fsp3) is 0.611. The summed E-state index contributed by atoms with van der Waals surface area (Å²) >= 11 is 0. The van der Waals surface area contributed by atoms with Gasteiger partial charge >= 0.3 is 0 Å². The highest BCUT2D eigenvalue weighted by Gasteiger charge is 2.30. The van der Waals surface area contributed by atoms with Gasteiger partial charge in [0.25, 0.3) is 5.91 Å². The highest BCUT2D eigenvalue weighted by molar-refractivity contribution is 5.92. The number of hydrogen-bond acceptors (Lipinski definition) is 5. The van der Waals surface area contributed by atoms with Crippen molar-refractivity contribution >= 4 is 5.91 Å². The van der Waals surface area contributed by atoms with Gasteiger partial charge < -0.3 is 14.0 Å². The molecule has 1 saturated carbocycles. The number of piperazine rings is 1. The molecule has 7 heteroatoms. The Labute approximate surface area is 147 Å². The number of nitrogens with zero attached hydrogens (tertiary/aromatic N) is 5. The zero-order valence-corrected chi connectivity index (χ0v) is 14.7. The number of carbonyl (C=O) groups is 1. The first-order valence-electron chi connectivity index (χ1n) is 9.23. The van der Waals surface area contributed by atoms with Gasteiger partial charge in [0.2, 0.25) is 0 Å². The van der Waals surface area contributed by atoms with Gasteiger partial charge in [0.1, 0.15) is 11.6 Å². The first-order valence-corrected chi connectivity index (χ1v) is 9.23. The molecule has 1 saturated heterocycles. The Bertz CT molecular complexity index is 725. The Morgan fingerprint density at radius 3 is 2.76 bits per heavy atom. The number of amides is 1. The van der Waals surface area contributed by atoms with Crippen LogP contribution in [-0.4, -0.2) is 63.1 Å². The van der Waals surface area contributed by atoms with Gasteiger partial charge in [0, 0.05) is 70.1 Å². The van der Waals surface area contributed by atoms with Crippen LogP contribution in [0, 0.1) is 0 Å². The third-order valence-electron chi connectivity index (χ3n) is 5.16. The lowest BCUT2D eigenvalue weighted by atomic mass is 10.2. The average molecular weight is 343 g/mol. The van der Waals surface area contributed by atoms with Crippen molar-refractivity contribution in [1.29, 1.82) is 0 Å². The average Bonchev–Trinajstić information content (AvgIpc) is 3.20. The molecule has 1 aliphatic carbocycles. The van der Waals surface area contributed by atoms with E-state index in [1.165, 1.54) is 0 Å². The van der Waals surface area contributed by atoms with Crippen LogP contribution in [0.4, 0.5) is 0 Å². The molecular weight excluding hydrogens is 318 g/mol. The molecule has 0 atom stereocenters. The van der Waals surface area contributed by atoms with Crippen LogP contribution >= 0.6 is 0 Å². The van der Waals surface area contributed by atoms with Crippen molar-refractivity contribution in [3.05, 3.63) is 35.7 Å². The molecule has 0 radical (unpaired) electrons. The molecule has 2 fully saturated rings. The minimum atomic E-state index is -0.00169. The van der Waals surface area contributed by atoms with Gasteiger partial charge in [-0.15, -0.1) is 0 Å². The third-order valence-corrected chi connectivity index (χ3v) is 5.16. The molecule has 0 unspecified atom stereocenters. The Kier molecular flexibility index (Phi) is 4.57. The van der Waals surface area contributed by atoms with Crippen molar-refractivity contribution in [2.75, 3.05) is 32.7 Å². The maximum atomic E-state index is 12.6. The van der Waals surface area contributed by atoms with Crippen LogP contribution in [0.3, 0.4) is 0 Å². The van der Waals surface area contributed by atoms with Crippen molar-refractivity contribution < 1.29 is 9.32 Å². The first-order chi connectivity index (χ1) is 12.2. The predicted octanol–water partition coefficient (Wildman–Crippen LogP) is 1.77. The number of carbonyl (C=O) groups excluding carboxylic acids is 1. The highest BCUT2D eigenvalue weighted by atomic mass is 16.5. The molecule has 1 amide bonds. The Balaban J connectivity index is 1.26. The normalized spacial score (nSPS) is 18.7. The molecule has 0 aromatic carbocycles. The molecule has 0 bridgehead atoms. The van der Waals surface area contributed by atoms with Crippen molar-refractivity contribution in [2.24, 2.45) is 0 Å². The fourth-order valence-electron chi connectivity index (χ4n) is 3.39. The van der Waals surface area contributed by atoms with Crippen molar-refractivity contribution in [3.63, 3.8) is 0 Å². The lowest BCUT2D eigenvalue weighted by Crippen LogP contribution is -2.49. The van der Waals surface area contributed by atoms with Crippen LogP contribution in [0.5, 0.6) is 0 Å². The summed E-state index contributed by atoms with van der Waals surface area (Å²) < 4.78 is 7.52. The van der Waals surface area contributed by atoms with Crippen LogP contribution in [0.25, 0.3) is 0 Å². The molecule has 0 spiro atoms. The van der Waals surface area contributed by atoms with Crippen LogP contribution in [0.15, 0.2) is 23.0 Å². The topological polar surface area (TPSA) is 67.4 Å². The molecule has 7 nitrogen and oxygen atoms in total. The maximum absolute atomic E-state index is 12.6. The van der Waals surface area contributed by atoms with E-state index in [2.05, 4.69) is 26.5 Å². The van der Waals surface area contributed by atoms with Gasteiger partial charge in [-0.25, -0.2) is 4.98 Å². The minimum Gasteiger partial charge on any atom is -0.360 e. The van der Waals surface area contributed by atoms with E-state index >= 15 is 0 Å². The number of aromatic nitrogens is 3. The molecule has 0 N–H and O–H groups in total. The summed E-state index contributed by atoms with van der Waals surface area (Å²) in [5.41, 5.74) is 0.460. The largest absolute Gasteiger partial charge is 0.360 e. The standard InChI is InChI=1S/C18H25N5O2/c1-2-17-19-5-6-22(17)10-7-21-8-11-23(12-9-21)18(24)15-13-16(25-20-15)14-3-4-14/h5-6,13-14H,2-4,7-12H2,1H3. The molecule has 2 aromatic rings. The lowest BCUT2D eigenvalue weighted by Gasteiger charge is -2.34. The summed E-state index contributed by atoms with van der Waals surface area (Å²) in [5, 5.41) is 3.97. The quantitative estimate of drug-likeness (QED) is 0.800. The third kappa shape index (κ3) is 3.61. The second-order valence-corrected chi connectivity index (χ2v) is 6.91. The van der Waals surface area contributed by atoms with Crippen LogP contribution in [0.2, 0.25) is 0 Å². The number of aryl methyl sites for hydroxylation is 1. The van der Waals surface area contributed by atoms with E-state index in [1.54, 1.807) is 0 Å². The van der Waals surface area contributed by atoms with E-state index in [1.807, 2.05) is 23.4 Å². The van der Waals surface area contributed by atoms with Crippen molar-refractivity contribution in [1.82, 2.24) is 24.5 Å². The zero-order valence-electron chi connectivity index (χ0n) is 14.7. The summed E-state index contributed by atoms with van der Waals surface area (Å²) in [7, 11) is 0. The Hall–Kier alpha value is -2.15. The molecule has 134 valence electrons. The van der Waals surface area contributed by atoms with E-state index in [-0.39, 0.29) is 5.91 Å². The molecule has 1 aliphatic heterocycles. The summed E-state index contributed by atoms with van der Waals surface area (Å²) in [6.07, 6.45) is 7.16. The molecular formula is C18H25N5O2. The van der Waals surface area contributed by atoms with E-state index in [0.29, 0.717) is 11.6 Å². The first kappa shape index (κ1) is 16.3. The molecule has 25 heavy (non-hydrogen) atoms. The summed E-state index contributed by atoms with van der Waals surface area (Å²) in [4.78, 5) is 21.2.